The summed E-state index contributed by atoms with van der Waals surface area (Å²) in [7, 11) is 0. The standard InChI is InChI=1S/C15H15ClO/c16-10-12-8-9-17-15(12)14-7-3-5-11-4-1-2-6-13(11)14/h1-7,12,15H,8-10H2. The molecule has 1 nitrogen and oxygen atoms in total. The van der Waals surface area contributed by atoms with Gasteiger partial charge in [-0.2, -0.15) is 0 Å². The molecule has 1 heterocycles. The maximum absolute atomic E-state index is 6.02. The summed E-state index contributed by atoms with van der Waals surface area (Å²) < 4.78 is 5.87. The van der Waals surface area contributed by atoms with Crippen LogP contribution in [-0.2, 0) is 4.74 Å². The van der Waals surface area contributed by atoms with E-state index in [1.54, 1.807) is 0 Å². The first kappa shape index (κ1) is 11.1. The number of hydrogen-bond donors (Lipinski definition) is 0. The molecule has 2 heteroatoms. The van der Waals surface area contributed by atoms with Crippen LogP contribution in [0.4, 0.5) is 0 Å². The summed E-state index contributed by atoms with van der Waals surface area (Å²) in [6.07, 6.45) is 1.23. The molecule has 1 fully saturated rings. The van der Waals surface area contributed by atoms with Crippen LogP contribution in [0.25, 0.3) is 10.8 Å². The minimum atomic E-state index is 0.165. The smallest absolute Gasteiger partial charge is 0.0871 e. The predicted octanol–water partition coefficient (Wildman–Crippen LogP) is 4.16. The van der Waals surface area contributed by atoms with Crippen molar-refractivity contribution in [1.82, 2.24) is 0 Å². The monoisotopic (exact) mass is 246 g/mol. The highest BCUT2D eigenvalue weighted by Crippen LogP contribution is 2.38. The van der Waals surface area contributed by atoms with E-state index >= 15 is 0 Å². The SMILES string of the molecule is ClCC1CCOC1c1cccc2ccccc12. The van der Waals surface area contributed by atoms with E-state index in [4.69, 9.17) is 16.3 Å². The molecule has 3 rings (SSSR count). The minimum absolute atomic E-state index is 0.165. The third kappa shape index (κ3) is 1.94. The van der Waals surface area contributed by atoms with Crippen LogP contribution in [0, 0.1) is 5.92 Å². The van der Waals surface area contributed by atoms with Gasteiger partial charge in [0.05, 0.1) is 6.10 Å². The average molecular weight is 247 g/mol. The van der Waals surface area contributed by atoms with Crippen molar-refractivity contribution in [3.05, 3.63) is 48.0 Å². The van der Waals surface area contributed by atoms with E-state index in [0.717, 1.165) is 13.0 Å². The number of halogens is 1. The first-order chi connectivity index (χ1) is 8.40. The predicted molar refractivity (Wildman–Crippen MR) is 71.5 cm³/mol. The van der Waals surface area contributed by atoms with E-state index < -0.39 is 0 Å². The largest absolute Gasteiger partial charge is 0.373 e. The van der Waals surface area contributed by atoms with Crippen LogP contribution in [0.1, 0.15) is 18.1 Å². The van der Waals surface area contributed by atoms with Gasteiger partial charge in [-0.05, 0) is 22.8 Å². The summed E-state index contributed by atoms with van der Waals surface area (Å²) in [6, 6.07) is 14.9. The van der Waals surface area contributed by atoms with Crippen LogP contribution in [0.3, 0.4) is 0 Å². The molecule has 1 aliphatic rings. The Morgan fingerprint density at radius 2 is 1.94 bits per heavy atom. The molecule has 17 heavy (non-hydrogen) atoms. The van der Waals surface area contributed by atoms with Crippen LogP contribution in [-0.4, -0.2) is 12.5 Å². The van der Waals surface area contributed by atoms with Gasteiger partial charge in [0.15, 0.2) is 0 Å². The van der Waals surface area contributed by atoms with Gasteiger partial charge in [-0.3, -0.25) is 0 Å². The zero-order valence-electron chi connectivity index (χ0n) is 9.60. The Hall–Kier alpha value is -1.05. The second-order valence-electron chi connectivity index (χ2n) is 4.56. The van der Waals surface area contributed by atoms with E-state index in [9.17, 15) is 0 Å². The molecule has 0 amide bonds. The minimum Gasteiger partial charge on any atom is -0.373 e. The Bertz CT molecular complexity index is 518. The molecule has 0 aromatic heterocycles. The molecule has 0 N–H and O–H groups in total. The summed E-state index contributed by atoms with van der Waals surface area (Å²) in [5.74, 6) is 1.12. The van der Waals surface area contributed by atoms with Gasteiger partial charge in [-0.15, -0.1) is 11.6 Å². The molecule has 0 radical (unpaired) electrons. The van der Waals surface area contributed by atoms with Crippen molar-refractivity contribution >= 4 is 22.4 Å². The van der Waals surface area contributed by atoms with Gasteiger partial charge < -0.3 is 4.74 Å². The number of benzene rings is 2. The Labute approximate surface area is 106 Å². The number of rotatable bonds is 2. The molecule has 2 atom stereocenters. The highest BCUT2D eigenvalue weighted by molar-refractivity contribution is 6.18. The molecule has 2 unspecified atom stereocenters. The molecule has 0 aliphatic carbocycles. The molecule has 2 aromatic carbocycles. The molecule has 0 spiro atoms. The van der Waals surface area contributed by atoms with Crippen LogP contribution in [0.5, 0.6) is 0 Å². The molecule has 88 valence electrons. The van der Waals surface area contributed by atoms with Gasteiger partial charge >= 0.3 is 0 Å². The lowest BCUT2D eigenvalue weighted by Crippen LogP contribution is -2.09. The van der Waals surface area contributed by atoms with Crippen molar-refractivity contribution in [2.75, 3.05) is 12.5 Å². The molecule has 0 saturated carbocycles. The molecule has 2 aromatic rings. The van der Waals surface area contributed by atoms with Crippen LogP contribution in [0.15, 0.2) is 42.5 Å². The first-order valence-electron chi connectivity index (χ1n) is 6.05. The second kappa shape index (κ2) is 4.67. The van der Waals surface area contributed by atoms with E-state index in [2.05, 4.69) is 42.5 Å². The lowest BCUT2D eigenvalue weighted by Gasteiger charge is -2.18. The van der Waals surface area contributed by atoms with Crippen molar-refractivity contribution < 1.29 is 4.74 Å². The Balaban J connectivity index is 2.10. The number of fused-ring (bicyclic) bond motifs is 1. The van der Waals surface area contributed by atoms with E-state index in [1.807, 2.05) is 0 Å². The Morgan fingerprint density at radius 1 is 1.12 bits per heavy atom. The zero-order valence-corrected chi connectivity index (χ0v) is 10.4. The third-order valence-electron chi connectivity index (χ3n) is 3.54. The van der Waals surface area contributed by atoms with Gasteiger partial charge in [0.2, 0.25) is 0 Å². The summed E-state index contributed by atoms with van der Waals surface area (Å²) in [4.78, 5) is 0. The van der Waals surface area contributed by atoms with Crippen molar-refractivity contribution in [2.24, 2.45) is 5.92 Å². The molecular weight excluding hydrogens is 232 g/mol. The maximum Gasteiger partial charge on any atom is 0.0871 e. The maximum atomic E-state index is 6.02. The van der Waals surface area contributed by atoms with Crippen LogP contribution < -0.4 is 0 Å². The van der Waals surface area contributed by atoms with Crippen molar-refractivity contribution in [2.45, 2.75) is 12.5 Å². The molecule has 1 aliphatic heterocycles. The van der Waals surface area contributed by atoms with Gasteiger partial charge in [-0.25, -0.2) is 0 Å². The lowest BCUT2D eigenvalue weighted by molar-refractivity contribution is 0.0963. The molecule has 1 saturated heterocycles. The topological polar surface area (TPSA) is 9.23 Å². The van der Waals surface area contributed by atoms with Gasteiger partial charge in [0, 0.05) is 18.4 Å². The van der Waals surface area contributed by atoms with Gasteiger partial charge in [0.1, 0.15) is 0 Å². The number of alkyl halides is 1. The highest BCUT2D eigenvalue weighted by atomic mass is 35.5. The van der Waals surface area contributed by atoms with Crippen molar-refractivity contribution in [3.63, 3.8) is 0 Å². The molecular formula is C15H15ClO. The van der Waals surface area contributed by atoms with Crippen molar-refractivity contribution in [3.8, 4) is 0 Å². The van der Waals surface area contributed by atoms with Gasteiger partial charge in [0.25, 0.3) is 0 Å². The Morgan fingerprint density at radius 3 is 2.82 bits per heavy atom. The quantitative estimate of drug-likeness (QED) is 0.723. The highest BCUT2D eigenvalue weighted by Gasteiger charge is 2.29. The number of ether oxygens (including phenoxy) is 1. The number of hydrogen-bond acceptors (Lipinski definition) is 1. The normalized spacial score (nSPS) is 24.3. The second-order valence-corrected chi connectivity index (χ2v) is 4.87. The molecule has 0 bridgehead atoms. The third-order valence-corrected chi connectivity index (χ3v) is 3.94. The average Bonchev–Trinajstić information content (AvgIpc) is 2.86. The van der Waals surface area contributed by atoms with Gasteiger partial charge in [-0.1, -0.05) is 42.5 Å². The lowest BCUT2D eigenvalue weighted by atomic mass is 9.93. The summed E-state index contributed by atoms with van der Waals surface area (Å²) in [5, 5.41) is 2.56. The van der Waals surface area contributed by atoms with Crippen LogP contribution >= 0.6 is 11.6 Å². The summed E-state index contributed by atoms with van der Waals surface area (Å²) >= 11 is 6.02. The summed E-state index contributed by atoms with van der Waals surface area (Å²) in [6.45, 7) is 0.825. The summed E-state index contributed by atoms with van der Waals surface area (Å²) in [5.41, 5.74) is 1.28. The first-order valence-corrected chi connectivity index (χ1v) is 6.59. The Kier molecular flexibility index (Phi) is 3.04. The fourth-order valence-electron chi connectivity index (χ4n) is 2.63. The van der Waals surface area contributed by atoms with Crippen molar-refractivity contribution in [1.29, 1.82) is 0 Å². The fraction of sp³-hybridized carbons (Fsp3) is 0.333. The van der Waals surface area contributed by atoms with E-state index in [1.165, 1.54) is 16.3 Å². The fourth-order valence-corrected chi connectivity index (χ4v) is 2.95. The van der Waals surface area contributed by atoms with E-state index in [0.29, 0.717) is 11.8 Å². The van der Waals surface area contributed by atoms with Crippen LogP contribution in [0.2, 0.25) is 0 Å². The zero-order chi connectivity index (χ0) is 11.7. The van der Waals surface area contributed by atoms with E-state index in [-0.39, 0.29) is 6.10 Å².